The molecule has 3 heterocycles. The van der Waals surface area contributed by atoms with E-state index < -0.39 is 5.69 Å². The van der Waals surface area contributed by atoms with Crippen LogP contribution >= 0.6 is 0 Å². The molecule has 1 fully saturated rings. The fourth-order valence-corrected chi connectivity index (χ4v) is 3.77. The summed E-state index contributed by atoms with van der Waals surface area (Å²) in [7, 11) is 0. The van der Waals surface area contributed by atoms with E-state index in [1.807, 2.05) is 31.2 Å². The van der Waals surface area contributed by atoms with Crippen molar-refractivity contribution < 1.29 is 14.3 Å². The zero-order chi connectivity index (χ0) is 20.4. The van der Waals surface area contributed by atoms with Crippen molar-refractivity contribution in [1.82, 2.24) is 24.6 Å². The minimum Gasteiger partial charge on any atom is -0.376 e. The summed E-state index contributed by atoms with van der Waals surface area (Å²) in [5.41, 5.74) is 1.72. The van der Waals surface area contributed by atoms with Gasteiger partial charge < -0.3 is 15.0 Å². The Morgan fingerprint density at radius 2 is 2.17 bits per heavy atom. The first-order valence-electron chi connectivity index (χ1n) is 9.92. The summed E-state index contributed by atoms with van der Waals surface area (Å²) in [5, 5.41) is 6.91. The van der Waals surface area contributed by atoms with Gasteiger partial charge in [-0.05, 0) is 25.3 Å². The molecule has 1 N–H and O–H groups in total. The molecule has 0 unspecified atom stereocenters. The lowest BCUT2D eigenvalue weighted by Gasteiger charge is -2.26. The topological polar surface area (TPSA) is 98.5 Å². The van der Waals surface area contributed by atoms with Gasteiger partial charge in [-0.1, -0.05) is 29.8 Å². The van der Waals surface area contributed by atoms with Crippen molar-refractivity contribution in [1.29, 1.82) is 0 Å². The lowest BCUT2D eigenvalue weighted by Crippen LogP contribution is -2.42. The Morgan fingerprint density at radius 3 is 2.93 bits per heavy atom. The Balaban J connectivity index is 1.42. The van der Waals surface area contributed by atoms with Crippen LogP contribution in [0.25, 0.3) is 0 Å². The van der Waals surface area contributed by atoms with Gasteiger partial charge in [0.15, 0.2) is 0 Å². The lowest BCUT2D eigenvalue weighted by molar-refractivity contribution is -0.122. The highest BCUT2D eigenvalue weighted by Crippen LogP contribution is 2.14. The fraction of sp³-hybridized carbons (Fsp3) is 0.500. The molecule has 1 atom stereocenters. The van der Waals surface area contributed by atoms with Crippen molar-refractivity contribution in [2.24, 2.45) is 0 Å². The van der Waals surface area contributed by atoms with E-state index in [0.717, 1.165) is 35.3 Å². The number of carbonyl (C=O) groups is 2. The summed E-state index contributed by atoms with van der Waals surface area (Å²) in [6, 6.07) is 7.97. The third-order valence-electron chi connectivity index (χ3n) is 5.30. The monoisotopic (exact) mass is 399 g/mol. The molecule has 0 radical (unpaired) electrons. The smallest absolute Gasteiger partial charge is 0.346 e. The second-order valence-electron chi connectivity index (χ2n) is 7.57. The van der Waals surface area contributed by atoms with Crippen LogP contribution in [0.5, 0.6) is 0 Å². The van der Waals surface area contributed by atoms with E-state index in [2.05, 4.69) is 10.4 Å². The molecule has 1 aromatic carbocycles. The number of fused-ring (bicyclic) bond motifs is 1. The van der Waals surface area contributed by atoms with E-state index in [4.69, 9.17) is 4.74 Å². The number of benzene rings is 1. The van der Waals surface area contributed by atoms with Crippen molar-refractivity contribution in [3.8, 4) is 0 Å². The average Bonchev–Trinajstić information content (AvgIpc) is 3.32. The SMILES string of the molecule is Cc1cccc(CN2CCn3c(nn(CC(=O)NC[C@H]4CCCO4)c3=O)C2=O)c1. The molecule has 2 aliphatic rings. The van der Waals surface area contributed by atoms with E-state index >= 15 is 0 Å². The van der Waals surface area contributed by atoms with Gasteiger partial charge in [-0.15, -0.1) is 5.10 Å². The number of hydrogen-bond donors (Lipinski definition) is 1. The molecule has 2 aromatic rings. The molecule has 1 saturated heterocycles. The first kappa shape index (κ1) is 19.4. The Kier molecular flexibility index (Phi) is 5.48. The van der Waals surface area contributed by atoms with Crippen molar-refractivity contribution in [2.45, 2.75) is 45.5 Å². The van der Waals surface area contributed by atoms with Crippen LogP contribution in [-0.4, -0.2) is 56.9 Å². The van der Waals surface area contributed by atoms with Crippen LogP contribution in [0.2, 0.25) is 0 Å². The maximum absolute atomic E-state index is 12.8. The molecular formula is C20H25N5O4. The Morgan fingerprint density at radius 1 is 1.31 bits per heavy atom. The summed E-state index contributed by atoms with van der Waals surface area (Å²) < 4.78 is 7.89. The van der Waals surface area contributed by atoms with E-state index in [9.17, 15) is 14.4 Å². The number of nitrogens with zero attached hydrogens (tertiary/aromatic N) is 4. The predicted molar refractivity (Wildman–Crippen MR) is 104 cm³/mol. The zero-order valence-electron chi connectivity index (χ0n) is 16.5. The van der Waals surface area contributed by atoms with Crippen LogP contribution in [-0.2, 0) is 29.2 Å². The van der Waals surface area contributed by atoms with Crippen LogP contribution < -0.4 is 11.0 Å². The number of hydrogen-bond acceptors (Lipinski definition) is 5. The standard InChI is InChI=1S/C20H25N5O4/c1-14-4-2-5-15(10-14)12-23-7-8-24-18(19(23)27)22-25(20(24)28)13-17(26)21-11-16-6-3-9-29-16/h2,4-5,10,16H,3,6-9,11-13H2,1H3,(H,21,26)/t16-/m1/s1. The van der Waals surface area contributed by atoms with E-state index in [0.29, 0.717) is 26.2 Å². The van der Waals surface area contributed by atoms with Gasteiger partial charge in [0.25, 0.3) is 5.91 Å². The molecule has 2 amide bonds. The average molecular weight is 399 g/mol. The Labute approximate surface area is 168 Å². The Bertz CT molecular complexity index is 973. The van der Waals surface area contributed by atoms with Crippen molar-refractivity contribution in [2.75, 3.05) is 19.7 Å². The first-order chi connectivity index (χ1) is 14.0. The zero-order valence-corrected chi connectivity index (χ0v) is 16.5. The minimum absolute atomic E-state index is 0.0302. The van der Waals surface area contributed by atoms with Gasteiger partial charge in [0.05, 0.1) is 6.10 Å². The maximum atomic E-state index is 12.8. The molecule has 2 aliphatic heterocycles. The van der Waals surface area contributed by atoms with Crippen LogP contribution in [0.4, 0.5) is 0 Å². The van der Waals surface area contributed by atoms with Crippen LogP contribution in [0, 0.1) is 6.92 Å². The van der Waals surface area contributed by atoms with Crippen molar-refractivity contribution in [3.63, 3.8) is 0 Å². The molecule has 0 spiro atoms. The summed E-state index contributed by atoms with van der Waals surface area (Å²) in [5.74, 6) is -0.531. The van der Waals surface area contributed by atoms with Crippen LogP contribution in [0.3, 0.4) is 0 Å². The molecule has 4 rings (SSSR count). The van der Waals surface area contributed by atoms with Gasteiger partial charge in [0.2, 0.25) is 11.7 Å². The van der Waals surface area contributed by atoms with Gasteiger partial charge in [0.1, 0.15) is 6.54 Å². The summed E-state index contributed by atoms with van der Waals surface area (Å²) in [6.45, 7) is 4.18. The highest BCUT2D eigenvalue weighted by molar-refractivity contribution is 5.91. The number of carbonyl (C=O) groups excluding carboxylic acids is 2. The third kappa shape index (κ3) is 4.24. The molecular weight excluding hydrogens is 374 g/mol. The first-order valence-corrected chi connectivity index (χ1v) is 9.92. The van der Waals surface area contributed by atoms with Gasteiger partial charge in [-0.25, -0.2) is 9.48 Å². The van der Waals surface area contributed by atoms with Gasteiger partial charge in [0, 0.05) is 32.8 Å². The van der Waals surface area contributed by atoms with Crippen molar-refractivity contribution in [3.05, 3.63) is 51.7 Å². The van der Waals surface area contributed by atoms with E-state index in [1.54, 1.807) is 4.90 Å². The van der Waals surface area contributed by atoms with Crippen molar-refractivity contribution >= 4 is 11.8 Å². The number of rotatable bonds is 6. The number of amides is 2. The second-order valence-corrected chi connectivity index (χ2v) is 7.57. The third-order valence-corrected chi connectivity index (χ3v) is 5.30. The number of nitrogens with one attached hydrogen (secondary N) is 1. The molecule has 9 nitrogen and oxygen atoms in total. The lowest BCUT2D eigenvalue weighted by atomic mass is 10.1. The van der Waals surface area contributed by atoms with Gasteiger partial charge in [-0.2, -0.15) is 0 Å². The molecule has 1 aromatic heterocycles. The number of aryl methyl sites for hydroxylation is 1. The minimum atomic E-state index is -0.434. The maximum Gasteiger partial charge on any atom is 0.346 e. The normalized spacial score (nSPS) is 18.7. The molecule has 0 bridgehead atoms. The number of ether oxygens (including phenoxy) is 1. The summed E-state index contributed by atoms with van der Waals surface area (Å²) >= 11 is 0. The second kappa shape index (κ2) is 8.20. The molecule has 9 heteroatoms. The van der Waals surface area contributed by atoms with Gasteiger partial charge in [-0.3, -0.25) is 14.2 Å². The van der Waals surface area contributed by atoms with Crippen LogP contribution in [0.15, 0.2) is 29.1 Å². The number of aromatic nitrogens is 3. The van der Waals surface area contributed by atoms with E-state index in [-0.39, 0.29) is 30.3 Å². The highest BCUT2D eigenvalue weighted by atomic mass is 16.5. The summed E-state index contributed by atoms with van der Waals surface area (Å²) in [6.07, 6.45) is 1.95. The molecule has 0 aliphatic carbocycles. The Hall–Kier alpha value is -2.94. The molecule has 0 saturated carbocycles. The predicted octanol–water partition coefficient (Wildman–Crippen LogP) is 0.304. The largest absolute Gasteiger partial charge is 0.376 e. The molecule has 29 heavy (non-hydrogen) atoms. The molecule has 154 valence electrons. The van der Waals surface area contributed by atoms with Crippen LogP contribution in [0.1, 0.15) is 34.6 Å². The summed E-state index contributed by atoms with van der Waals surface area (Å²) in [4.78, 5) is 39.2. The highest BCUT2D eigenvalue weighted by Gasteiger charge is 2.30. The quantitative estimate of drug-likeness (QED) is 0.754. The fourth-order valence-electron chi connectivity index (χ4n) is 3.77. The van der Waals surface area contributed by atoms with Gasteiger partial charge >= 0.3 is 5.69 Å². The van der Waals surface area contributed by atoms with E-state index in [1.165, 1.54) is 4.57 Å².